The number of ketones is 1. The number of aryl methyl sites for hydroxylation is 1. The molecule has 1 aromatic rings. The van der Waals surface area contributed by atoms with E-state index in [1.54, 1.807) is 0 Å². The van der Waals surface area contributed by atoms with Gasteiger partial charge < -0.3 is 5.11 Å². The summed E-state index contributed by atoms with van der Waals surface area (Å²) in [5.74, 6) is 0.371. The molecule has 0 radical (unpaired) electrons. The molecule has 98 valence electrons. The Morgan fingerprint density at radius 3 is 2.33 bits per heavy atom. The van der Waals surface area contributed by atoms with Crippen LogP contribution in [0.4, 0.5) is 0 Å². The van der Waals surface area contributed by atoms with E-state index in [2.05, 4.69) is 19.1 Å². The maximum atomic E-state index is 12.3. The topological polar surface area (TPSA) is 37.3 Å². The predicted octanol–water partition coefficient (Wildman–Crippen LogP) is 3.37. The summed E-state index contributed by atoms with van der Waals surface area (Å²) < 4.78 is 0. The number of rotatable bonds is 4. The minimum atomic E-state index is -0.194. The summed E-state index contributed by atoms with van der Waals surface area (Å²) in [4.78, 5) is 12.3. The van der Waals surface area contributed by atoms with Crippen molar-refractivity contribution in [2.75, 3.05) is 0 Å². The average molecular weight is 246 g/mol. The molecule has 1 fully saturated rings. The first-order chi connectivity index (χ1) is 8.70. The summed E-state index contributed by atoms with van der Waals surface area (Å²) in [6, 6.07) is 8.04. The van der Waals surface area contributed by atoms with Crippen LogP contribution in [0.1, 0.15) is 54.9 Å². The highest BCUT2D eigenvalue weighted by Crippen LogP contribution is 2.27. The number of aliphatic hydroxyl groups is 1. The van der Waals surface area contributed by atoms with Gasteiger partial charge >= 0.3 is 0 Å². The third kappa shape index (κ3) is 3.20. The molecule has 18 heavy (non-hydrogen) atoms. The first kappa shape index (κ1) is 13.3. The molecule has 0 unspecified atom stereocenters. The zero-order chi connectivity index (χ0) is 13.0. The number of carbonyl (C=O) groups is 1. The van der Waals surface area contributed by atoms with Crippen molar-refractivity contribution in [3.8, 4) is 0 Å². The fraction of sp³-hybridized carbons (Fsp3) is 0.562. The molecular formula is C16H22O2. The van der Waals surface area contributed by atoms with Crippen LogP contribution in [0.3, 0.4) is 0 Å². The van der Waals surface area contributed by atoms with Crippen LogP contribution in [0.2, 0.25) is 0 Å². The van der Waals surface area contributed by atoms with Crippen molar-refractivity contribution < 1.29 is 9.90 Å². The predicted molar refractivity (Wildman–Crippen MR) is 72.7 cm³/mol. The lowest BCUT2D eigenvalue weighted by molar-refractivity contribution is 0.0764. The Morgan fingerprint density at radius 2 is 1.78 bits per heavy atom. The zero-order valence-electron chi connectivity index (χ0n) is 11.1. The van der Waals surface area contributed by atoms with E-state index >= 15 is 0 Å². The number of Topliss-reactive ketones (excluding diaryl/α,β-unsaturated/α-hetero) is 1. The van der Waals surface area contributed by atoms with Crippen LogP contribution in [-0.4, -0.2) is 17.0 Å². The average Bonchev–Trinajstić information content (AvgIpc) is 2.40. The molecule has 1 aliphatic carbocycles. The Hall–Kier alpha value is -1.15. The fourth-order valence-electron chi connectivity index (χ4n) is 2.70. The van der Waals surface area contributed by atoms with Crippen molar-refractivity contribution in [3.05, 3.63) is 35.4 Å². The molecule has 0 heterocycles. The van der Waals surface area contributed by atoms with Crippen molar-refractivity contribution in [3.63, 3.8) is 0 Å². The van der Waals surface area contributed by atoms with E-state index in [-0.39, 0.29) is 17.8 Å². The van der Waals surface area contributed by atoms with Gasteiger partial charge in [0.1, 0.15) is 0 Å². The number of benzene rings is 1. The second-order valence-electron chi connectivity index (χ2n) is 5.32. The second-order valence-corrected chi connectivity index (χ2v) is 5.32. The fourth-order valence-corrected chi connectivity index (χ4v) is 2.70. The van der Waals surface area contributed by atoms with Gasteiger partial charge in [-0.15, -0.1) is 0 Å². The standard InChI is InChI=1S/C16H22O2/c1-2-3-12-4-6-13(7-5-12)16(18)14-8-10-15(17)11-9-14/h4-7,14-15,17H,2-3,8-11H2,1H3. The Morgan fingerprint density at radius 1 is 1.17 bits per heavy atom. The van der Waals surface area contributed by atoms with E-state index in [1.807, 2.05) is 12.1 Å². The normalized spacial score (nSPS) is 23.9. The summed E-state index contributed by atoms with van der Waals surface area (Å²) in [6.07, 6.45) is 5.21. The van der Waals surface area contributed by atoms with Crippen molar-refractivity contribution in [1.82, 2.24) is 0 Å². The van der Waals surface area contributed by atoms with Gasteiger partial charge in [0, 0.05) is 11.5 Å². The summed E-state index contributed by atoms with van der Waals surface area (Å²) in [7, 11) is 0. The summed E-state index contributed by atoms with van der Waals surface area (Å²) in [5, 5.41) is 9.46. The highest BCUT2D eigenvalue weighted by Gasteiger charge is 2.25. The smallest absolute Gasteiger partial charge is 0.165 e. The largest absolute Gasteiger partial charge is 0.393 e. The van der Waals surface area contributed by atoms with Gasteiger partial charge in [0.15, 0.2) is 5.78 Å². The number of aliphatic hydroxyl groups excluding tert-OH is 1. The molecule has 0 spiro atoms. The summed E-state index contributed by atoms with van der Waals surface area (Å²) in [6.45, 7) is 2.16. The van der Waals surface area contributed by atoms with Crippen molar-refractivity contribution in [1.29, 1.82) is 0 Å². The van der Waals surface area contributed by atoms with E-state index in [0.717, 1.165) is 44.1 Å². The summed E-state index contributed by atoms with van der Waals surface area (Å²) >= 11 is 0. The van der Waals surface area contributed by atoms with Crippen LogP contribution in [0, 0.1) is 5.92 Å². The highest BCUT2D eigenvalue weighted by molar-refractivity contribution is 5.97. The molecule has 1 aromatic carbocycles. The SMILES string of the molecule is CCCc1ccc(C(=O)C2CCC(O)CC2)cc1. The molecule has 2 rings (SSSR count). The lowest BCUT2D eigenvalue weighted by Gasteiger charge is -2.24. The Labute approximate surface area is 109 Å². The van der Waals surface area contributed by atoms with Gasteiger partial charge in [-0.3, -0.25) is 4.79 Å². The third-order valence-corrected chi connectivity index (χ3v) is 3.84. The Bertz CT molecular complexity index is 386. The molecule has 0 aliphatic heterocycles. The molecule has 2 nitrogen and oxygen atoms in total. The van der Waals surface area contributed by atoms with Gasteiger partial charge in [0.25, 0.3) is 0 Å². The Kier molecular flexibility index (Phi) is 4.54. The number of hydrogen-bond donors (Lipinski definition) is 1. The van der Waals surface area contributed by atoms with Gasteiger partial charge in [-0.05, 0) is 37.7 Å². The molecular weight excluding hydrogens is 224 g/mol. The molecule has 0 saturated heterocycles. The first-order valence-corrected chi connectivity index (χ1v) is 7.02. The van der Waals surface area contributed by atoms with Gasteiger partial charge in [0.05, 0.1) is 6.10 Å². The molecule has 1 aliphatic rings. The minimum absolute atomic E-state index is 0.116. The van der Waals surface area contributed by atoms with Gasteiger partial charge in [-0.2, -0.15) is 0 Å². The van der Waals surface area contributed by atoms with E-state index in [4.69, 9.17) is 0 Å². The minimum Gasteiger partial charge on any atom is -0.393 e. The number of hydrogen-bond acceptors (Lipinski definition) is 2. The quantitative estimate of drug-likeness (QED) is 0.827. The van der Waals surface area contributed by atoms with Gasteiger partial charge in [0.2, 0.25) is 0 Å². The maximum absolute atomic E-state index is 12.3. The van der Waals surface area contributed by atoms with E-state index in [9.17, 15) is 9.90 Å². The molecule has 0 bridgehead atoms. The van der Waals surface area contributed by atoms with Crippen LogP contribution in [0.15, 0.2) is 24.3 Å². The molecule has 0 amide bonds. The van der Waals surface area contributed by atoms with Crippen molar-refractivity contribution in [2.24, 2.45) is 5.92 Å². The first-order valence-electron chi connectivity index (χ1n) is 7.02. The van der Waals surface area contributed by atoms with Crippen molar-refractivity contribution >= 4 is 5.78 Å². The van der Waals surface area contributed by atoms with E-state index in [0.29, 0.717) is 0 Å². The van der Waals surface area contributed by atoms with Crippen LogP contribution in [0.25, 0.3) is 0 Å². The van der Waals surface area contributed by atoms with Gasteiger partial charge in [-0.25, -0.2) is 0 Å². The monoisotopic (exact) mass is 246 g/mol. The maximum Gasteiger partial charge on any atom is 0.165 e. The molecule has 0 atom stereocenters. The van der Waals surface area contributed by atoms with Crippen LogP contribution in [0.5, 0.6) is 0 Å². The highest BCUT2D eigenvalue weighted by atomic mass is 16.3. The number of carbonyl (C=O) groups excluding carboxylic acids is 1. The zero-order valence-corrected chi connectivity index (χ0v) is 11.1. The molecule has 2 heteroatoms. The molecule has 1 N–H and O–H groups in total. The Balaban J connectivity index is 2.00. The van der Waals surface area contributed by atoms with Crippen molar-refractivity contribution in [2.45, 2.75) is 51.6 Å². The molecule has 1 saturated carbocycles. The van der Waals surface area contributed by atoms with Crippen LogP contribution >= 0.6 is 0 Å². The van der Waals surface area contributed by atoms with E-state index < -0.39 is 0 Å². The molecule has 0 aromatic heterocycles. The van der Waals surface area contributed by atoms with E-state index in [1.165, 1.54) is 5.56 Å². The lowest BCUT2D eigenvalue weighted by Crippen LogP contribution is -2.24. The lowest BCUT2D eigenvalue weighted by atomic mass is 9.82. The van der Waals surface area contributed by atoms with Gasteiger partial charge in [-0.1, -0.05) is 37.6 Å². The summed E-state index contributed by atoms with van der Waals surface area (Å²) in [5.41, 5.74) is 2.13. The second kappa shape index (κ2) is 6.14. The third-order valence-electron chi connectivity index (χ3n) is 3.84. The van der Waals surface area contributed by atoms with Crippen LogP contribution in [-0.2, 0) is 6.42 Å². The van der Waals surface area contributed by atoms with Crippen LogP contribution < -0.4 is 0 Å².